The lowest BCUT2D eigenvalue weighted by molar-refractivity contribution is -0.139. The Kier molecular flexibility index (Phi) is 8.40. The van der Waals surface area contributed by atoms with Gasteiger partial charge in [-0.2, -0.15) is 0 Å². The summed E-state index contributed by atoms with van der Waals surface area (Å²) in [5.41, 5.74) is 10.6. The first-order chi connectivity index (χ1) is 18.9. The van der Waals surface area contributed by atoms with Crippen molar-refractivity contribution in [3.8, 4) is 0 Å². The van der Waals surface area contributed by atoms with Crippen LogP contribution in [0.25, 0.3) is 10.4 Å². The number of hydrogen-bond acceptors (Lipinski definition) is 7. The highest BCUT2D eigenvalue weighted by Gasteiger charge is 2.53. The highest BCUT2D eigenvalue weighted by atomic mass is 16.5. The van der Waals surface area contributed by atoms with Crippen LogP contribution in [0.15, 0.2) is 29.4 Å². The first kappa shape index (κ1) is 27.4. The summed E-state index contributed by atoms with van der Waals surface area (Å²) >= 11 is 0. The second-order valence-electron chi connectivity index (χ2n) is 11.5. The van der Waals surface area contributed by atoms with Gasteiger partial charge in [0, 0.05) is 54.9 Å². The smallest absolute Gasteiger partial charge is 0.251 e. The molecule has 210 valence electrons. The number of ketones is 1. The van der Waals surface area contributed by atoms with Crippen molar-refractivity contribution in [3.05, 3.63) is 40.3 Å². The predicted molar refractivity (Wildman–Crippen MR) is 146 cm³/mol. The second-order valence-corrected chi connectivity index (χ2v) is 11.5. The topological polar surface area (TPSA) is 131 Å². The predicted octanol–water partition coefficient (Wildman–Crippen LogP) is 2.75. The summed E-state index contributed by atoms with van der Waals surface area (Å²) in [7, 11) is 0. The van der Waals surface area contributed by atoms with Crippen molar-refractivity contribution in [1.82, 2.24) is 15.1 Å². The first-order valence-electron chi connectivity index (χ1n) is 14.3. The number of ether oxygens (including phenoxy) is 1. The number of Topliss-reactive ketones (excluding diaryl/α,β-unsaturated/α-hetero) is 1. The molecule has 2 amide bonds. The molecular formula is C28H39N7O4. The number of azide groups is 1. The SMILES string of the molecule is CC(C)N1CCN(c2ccc(C(=O)N[C@H](C(=O)N3C[C@H](N=[N+]=[N-])[C@H]4OCC(=O)[C@H]43)C3CCCCC3)cc2)CC1. The molecule has 11 nitrogen and oxygen atoms in total. The van der Waals surface area contributed by atoms with E-state index in [-0.39, 0.29) is 36.7 Å². The Balaban J connectivity index is 1.30. The molecule has 0 radical (unpaired) electrons. The van der Waals surface area contributed by atoms with E-state index in [1.165, 1.54) is 4.90 Å². The van der Waals surface area contributed by atoms with Gasteiger partial charge >= 0.3 is 0 Å². The second kappa shape index (κ2) is 11.9. The minimum Gasteiger partial charge on any atom is -0.369 e. The fourth-order valence-corrected chi connectivity index (χ4v) is 6.60. The number of benzene rings is 1. The molecule has 39 heavy (non-hydrogen) atoms. The Morgan fingerprint density at radius 2 is 1.77 bits per heavy atom. The van der Waals surface area contributed by atoms with E-state index < -0.39 is 24.2 Å². The van der Waals surface area contributed by atoms with Gasteiger partial charge in [0.1, 0.15) is 18.7 Å². The molecule has 1 saturated carbocycles. The molecule has 3 heterocycles. The van der Waals surface area contributed by atoms with Crippen LogP contribution in [-0.2, 0) is 14.3 Å². The molecule has 1 N–H and O–H groups in total. The van der Waals surface area contributed by atoms with Crippen molar-refractivity contribution < 1.29 is 19.1 Å². The van der Waals surface area contributed by atoms with Crippen molar-refractivity contribution in [1.29, 1.82) is 0 Å². The fraction of sp³-hybridized carbons (Fsp3) is 0.679. The fourth-order valence-electron chi connectivity index (χ4n) is 6.60. The third-order valence-corrected chi connectivity index (χ3v) is 8.85. The highest BCUT2D eigenvalue weighted by Crippen LogP contribution is 2.33. The average molecular weight is 538 g/mol. The van der Waals surface area contributed by atoms with Crippen molar-refractivity contribution in [3.63, 3.8) is 0 Å². The van der Waals surface area contributed by atoms with Crippen molar-refractivity contribution >= 4 is 23.3 Å². The maximum absolute atomic E-state index is 13.9. The van der Waals surface area contributed by atoms with E-state index in [0.717, 1.165) is 64.0 Å². The zero-order valence-electron chi connectivity index (χ0n) is 22.9. The summed E-state index contributed by atoms with van der Waals surface area (Å²) in [6.07, 6.45) is 4.15. The molecule has 1 aliphatic carbocycles. The van der Waals surface area contributed by atoms with Crippen LogP contribution < -0.4 is 10.2 Å². The van der Waals surface area contributed by atoms with Crippen LogP contribution in [0.4, 0.5) is 5.69 Å². The Morgan fingerprint density at radius 3 is 2.41 bits per heavy atom. The monoisotopic (exact) mass is 537 g/mol. The number of nitrogens with one attached hydrogen (secondary N) is 1. The molecule has 4 atom stereocenters. The summed E-state index contributed by atoms with van der Waals surface area (Å²) < 4.78 is 5.59. The lowest BCUT2D eigenvalue weighted by Gasteiger charge is -2.38. The van der Waals surface area contributed by atoms with Crippen LogP contribution >= 0.6 is 0 Å². The molecule has 3 aliphatic heterocycles. The van der Waals surface area contributed by atoms with Crippen LogP contribution in [0.1, 0.15) is 56.3 Å². The van der Waals surface area contributed by atoms with E-state index in [1.54, 1.807) is 0 Å². The van der Waals surface area contributed by atoms with E-state index >= 15 is 0 Å². The standard InChI is InChI=1S/C28H39N7O4/c1-18(2)33-12-14-34(15-13-33)21-10-8-20(9-11-21)27(37)30-24(19-6-4-3-5-7-19)28(38)35-16-22(31-32-29)26-25(35)23(36)17-39-26/h8-11,18-19,22,24-26H,3-7,12-17H2,1-2H3,(H,30,37)/t22-,24-,25+,26+/m0/s1. The Labute approximate surface area is 229 Å². The van der Waals surface area contributed by atoms with E-state index in [4.69, 9.17) is 10.3 Å². The van der Waals surface area contributed by atoms with Crippen molar-refractivity contribution in [2.45, 2.75) is 76.2 Å². The Bertz CT molecular complexity index is 1110. The number of likely N-dealkylation sites (tertiary alicyclic amines) is 1. The molecule has 0 aromatic heterocycles. The number of piperazine rings is 1. The zero-order valence-corrected chi connectivity index (χ0v) is 22.9. The van der Waals surface area contributed by atoms with Gasteiger partial charge < -0.3 is 19.9 Å². The highest BCUT2D eigenvalue weighted by molar-refractivity contribution is 5.99. The maximum Gasteiger partial charge on any atom is 0.251 e. The number of carbonyl (C=O) groups excluding carboxylic acids is 3. The molecule has 1 aromatic rings. The summed E-state index contributed by atoms with van der Waals surface area (Å²) in [6, 6.07) is 5.98. The molecule has 0 unspecified atom stereocenters. The molecule has 0 bridgehead atoms. The number of hydrogen-bond donors (Lipinski definition) is 1. The molecule has 1 aromatic carbocycles. The van der Waals surface area contributed by atoms with Gasteiger partial charge in [-0.15, -0.1) is 0 Å². The zero-order chi connectivity index (χ0) is 27.5. The quantitative estimate of drug-likeness (QED) is 0.323. The minimum atomic E-state index is -0.772. The normalized spacial score (nSPS) is 26.8. The van der Waals surface area contributed by atoms with Gasteiger partial charge in [-0.3, -0.25) is 19.3 Å². The number of nitrogens with zero attached hydrogens (tertiary/aromatic N) is 6. The first-order valence-corrected chi connectivity index (χ1v) is 14.3. The minimum absolute atomic E-state index is 0.0129. The van der Waals surface area contributed by atoms with Gasteiger partial charge in [0.25, 0.3) is 5.91 Å². The van der Waals surface area contributed by atoms with Crippen LogP contribution in [-0.4, -0.2) is 97.0 Å². The molecule has 4 aliphatic rings. The Morgan fingerprint density at radius 1 is 1.08 bits per heavy atom. The summed E-state index contributed by atoms with van der Waals surface area (Å²) in [4.78, 5) is 49.2. The number of anilines is 1. The lowest BCUT2D eigenvalue weighted by atomic mass is 9.83. The van der Waals surface area contributed by atoms with Crippen LogP contribution in [0, 0.1) is 5.92 Å². The van der Waals surface area contributed by atoms with Gasteiger partial charge in [-0.05, 0) is 62.4 Å². The maximum atomic E-state index is 13.9. The molecule has 0 spiro atoms. The molecule has 11 heteroatoms. The Hall–Kier alpha value is -3.14. The van der Waals surface area contributed by atoms with Gasteiger partial charge in [0.05, 0.1) is 12.1 Å². The number of amides is 2. The van der Waals surface area contributed by atoms with Gasteiger partial charge in [-0.25, -0.2) is 0 Å². The average Bonchev–Trinajstić information content (AvgIpc) is 3.52. The lowest BCUT2D eigenvalue weighted by Crippen LogP contribution is -2.55. The largest absolute Gasteiger partial charge is 0.369 e. The third kappa shape index (κ3) is 5.76. The van der Waals surface area contributed by atoms with Crippen molar-refractivity contribution in [2.24, 2.45) is 11.0 Å². The molecule has 4 fully saturated rings. The summed E-state index contributed by atoms with van der Waals surface area (Å²) in [5, 5.41) is 6.82. The number of fused-ring (bicyclic) bond motifs is 1. The van der Waals surface area contributed by atoms with Crippen LogP contribution in [0.5, 0.6) is 0 Å². The summed E-state index contributed by atoms with van der Waals surface area (Å²) in [6.45, 7) is 8.36. The van der Waals surface area contributed by atoms with Gasteiger partial charge in [-0.1, -0.05) is 24.4 Å². The van der Waals surface area contributed by atoms with Crippen LogP contribution in [0.2, 0.25) is 0 Å². The molecule has 5 rings (SSSR count). The number of carbonyl (C=O) groups is 3. The van der Waals surface area contributed by atoms with Gasteiger partial charge in [0.15, 0.2) is 5.78 Å². The third-order valence-electron chi connectivity index (χ3n) is 8.85. The van der Waals surface area contributed by atoms with E-state index in [1.807, 2.05) is 24.3 Å². The van der Waals surface area contributed by atoms with Gasteiger partial charge in [0.2, 0.25) is 5.91 Å². The van der Waals surface area contributed by atoms with Crippen molar-refractivity contribution in [2.75, 3.05) is 44.2 Å². The molecule has 3 saturated heterocycles. The van der Waals surface area contributed by atoms with Crippen LogP contribution in [0.3, 0.4) is 0 Å². The van der Waals surface area contributed by atoms with E-state index in [2.05, 4.69) is 39.0 Å². The van der Waals surface area contributed by atoms with E-state index in [9.17, 15) is 14.4 Å². The molecular weight excluding hydrogens is 498 g/mol. The number of rotatable bonds is 7. The van der Waals surface area contributed by atoms with E-state index in [0.29, 0.717) is 11.6 Å². The summed E-state index contributed by atoms with van der Waals surface area (Å²) in [5.74, 6) is -0.797.